The number of aliphatic hydroxyl groups is 1. The first-order valence-corrected chi connectivity index (χ1v) is 13.9. The van der Waals surface area contributed by atoms with Crippen LogP contribution in [0.3, 0.4) is 0 Å². The lowest BCUT2D eigenvalue weighted by Gasteiger charge is -2.39. The number of hydrogen-bond acceptors (Lipinski definition) is 6. The predicted molar refractivity (Wildman–Crippen MR) is 146 cm³/mol. The molecule has 3 rings (SSSR count). The van der Waals surface area contributed by atoms with Crippen LogP contribution < -0.4 is 0 Å². The average molecular weight is 556 g/mol. The maximum atomic E-state index is 13.6. The zero-order chi connectivity index (χ0) is 28.6. The first-order valence-electron chi connectivity index (χ1n) is 12.5. The minimum absolute atomic E-state index is 0.0555. The van der Waals surface area contributed by atoms with Gasteiger partial charge in [0.05, 0.1) is 16.4 Å². The second kappa shape index (κ2) is 12.8. The molecule has 0 aliphatic rings. The number of carboxylic acid groups (broad SMARTS) is 1. The van der Waals surface area contributed by atoms with Gasteiger partial charge >= 0.3 is 6.09 Å². The fourth-order valence-electron chi connectivity index (χ4n) is 4.31. The molecule has 0 fully saturated rings. The van der Waals surface area contributed by atoms with E-state index in [0.717, 1.165) is 17.0 Å². The summed E-state index contributed by atoms with van der Waals surface area (Å²) in [6.45, 7) is 3.51. The fraction of sp³-hybridized carbons (Fsp3) is 0.321. The Labute approximate surface area is 228 Å². The molecule has 0 saturated heterocycles. The molecule has 11 heteroatoms. The van der Waals surface area contributed by atoms with Gasteiger partial charge in [0, 0.05) is 38.1 Å². The van der Waals surface area contributed by atoms with Crippen molar-refractivity contribution in [2.45, 2.75) is 43.9 Å². The molecule has 0 aliphatic carbocycles. The number of hydrogen-bond donors (Lipinski definition) is 2. The largest absolute Gasteiger partial charge is 0.465 e. The van der Waals surface area contributed by atoms with Gasteiger partial charge in [-0.2, -0.15) is 4.31 Å². The average Bonchev–Trinajstić information content (AvgIpc) is 2.90. The molecule has 0 bridgehead atoms. The minimum atomic E-state index is -4.11. The summed E-state index contributed by atoms with van der Waals surface area (Å²) in [6, 6.07) is 22.4. The first kappa shape index (κ1) is 29.8. The Bertz CT molecular complexity index is 1350. The van der Waals surface area contributed by atoms with Crippen molar-refractivity contribution in [1.29, 1.82) is 0 Å². The zero-order valence-corrected chi connectivity index (χ0v) is 22.7. The highest BCUT2D eigenvalue weighted by Gasteiger charge is 2.40. The molecular weight excluding hydrogens is 522 g/mol. The van der Waals surface area contributed by atoms with Crippen molar-refractivity contribution < 1.29 is 28.3 Å². The second-order valence-electron chi connectivity index (χ2n) is 9.76. The van der Waals surface area contributed by atoms with Gasteiger partial charge in [-0.15, -0.1) is 0 Å². The van der Waals surface area contributed by atoms with Gasteiger partial charge in [-0.05, 0) is 29.2 Å². The summed E-state index contributed by atoms with van der Waals surface area (Å²) >= 11 is 0. The third-order valence-electron chi connectivity index (χ3n) is 6.26. The third-order valence-corrected chi connectivity index (χ3v) is 8.14. The molecule has 2 N–H and O–H groups in total. The third kappa shape index (κ3) is 7.85. The standard InChI is InChI=1S/C28H33N3O7S/c1-22(2)20-29(39(37,38)26-15-13-25(14-16-26)31(35)36)18-17-28(34,19-23-9-5-3-6-10-23)30(27(32)33)21-24-11-7-4-8-12-24/h3-16,22,34H,17-21H2,1-2H3,(H,32,33). The first-order chi connectivity index (χ1) is 18.4. The van der Waals surface area contributed by atoms with E-state index < -0.39 is 26.8 Å². The highest BCUT2D eigenvalue weighted by atomic mass is 32.2. The zero-order valence-electron chi connectivity index (χ0n) is 21.9. The van der Waals surface area contributed by atoms with Gasteiger partial charge in [0.25, 0.3) is 5.69 Å². The van der Waals surface area contributed by atoms with E-state index in [1.165, 1.54) is 16.4 Å². The van der Waals surface area contributed by atoms with Crippen LogP contribution in [0.1, 0.15) is 31.4 Å². The van der Waals surface area contributed by atoms with Crippen LogP contribution in [0, 0.1) is 16.0 Å². The summed E-state index contributed by atoms with van der Waals surface area (Å²) in [4.78, 5) is 23.7. The lowest BCUT2D eigenvalue weighted by Crippen LogP contribution is -2.54. The lowest BCUT2D eigenvalue weighted by molar-refractivity contribution is -0.384. The van der Waals surface area contributed by atoms with Crippen molar-refractivity contribution in [2.75, 3.05) is 13.1 Å². The second-order valence-corrected chi connectivity index (χ2v) is 11.7. The summed E-state index contributed by atoms with van der Waals surface area (Å²) in [5.41, 5.74) is -0.819. The van der Waals surface area contributed by atoms with E-state index in [4.69, 9.17) is 0 Å². The maximum Gasteiger partial charge on any atom is 0.409 e. The van der Waals surface area contributed by atoms with Gasteiger partial charge in [0.15, 0.2) is 0 Å². The van der Waals surface area contributed by atoms with Crippen molar-refractivity contribution in [3.05, 3.63) is 106 Å². The molecule has 1 unspecified atom stereocenters. The van der Waals surface area contributed by atoms with Gasteiger partial charge in [-0.1, -0.05) is 74.5 Å². The van der Waals surface area contributed by atoms with Crippen LogP contribution in [0.2, 0.25) is 0 Å². The molecular formula is C28H33N3O7S. The van der Waals surface area contributed by atoms with E-state index in [-0.39, 0.29) is 49.0 Å². The van der Waals surface area contributed by atoms with E-state index in [1.807, 2.05) is 19.9 Å². The van der Waals surface area contributed by atoms with Crippen LogP contribution in [0.25, 0.3) is 0 Å². The minimum Gasteiger partial charge on any atom is -0.465 e. The van der Waals surface area contributed by atoms with Crippen molar-refractivity contribution in [2.24, 2.45) is 5.92 Å². The Morgan fingerprint density at radius 2 is 1.49 bits per heavy atom. The van der Waals surface area contributed by atoms with Gasteiger partial charge in [0.1, 0.15) is 5.72 Å². The smallest absolute Gasteiger partial charge is 0.409 e. The number of rotatable bonds is 13. The van der Waals surface area contributed by atoms with Crippen LogP contribution in [-0.4, -0.2) is 57.7 Å². The number of nitrogens with zero attached hydrogens (tertiary/aromatic N) is 3. The van der Waals surface area contributed by atoms with E-state index in [0.29, 0.717) is 11.1 Å². The highest BCUT2D eigenvalue weighted by Crippen LogP contribution is 2.28. The SMILES string of the molecule is CC(C)CN(CCC(O)(Cc1ccccc1)N(Cc1ccccc1)C(=O)O)S(=O)(=O)c1ccc([N+](=O)[O-])cc1. The molecule has 3 aromatic rings. The van der Waals surface area contributed by atoms with E-state index in [9.17, 15) is 33.5 Å². The Balaban J connectivity index is 1.96. The molecule has 0 spiro atoms. The van der Waals surface area contributed by atoms with E-state index >= 15 is 0 Å². The number of non-ortho nitro benzene ring substituents is 1. The molecule has 39 heavy (non-hydrogen) atoms. The molecule has 1 atom stereocenters. The van der Waals surface area contributed by atoms with E-state index in [1.54, 1.807) is 54.6 Å². The Morgan fingerprint density at radius 1 is 0.949 bits per heavy atom. The van der Waals surface area contributed by atoms with Crippen molar-refractivity contribution in [1.82, 2.24) is 9.21 Å². The summed E-state index contributed by atoms with van der Waals surface area (Å²) in [6.07, 6.45) is -1.61. The van der Waals surface area contributed by atoms with Crippen LogP contribution in [0.4, 0.5) is 10.5 Å². The number of nitro benzene ring substituents is 1. The summed E-state index contributed by atoms with van der Waals surface area (Å²) in [7, 11) is -4.11. The monoisotopic (exact) mass is 555 g/mol. The molecule has 10 nitrogen and oxygen atoms in total. The van der Waals surface area contributed by atoms with E-state index in [2.05, 4.69) is 0 Å². The Kier molecular flexibility index (Phi) is 9.79. The summed E-state index contributed by atoms with van der Waals surface area (Å²) < 4.78 is 28.3. The fourth-order valence-corrected chi connectivity index (χ4v) is 5.91. The molecule has 208 valence electrons. The van der Waals surface area contributed by atoms with Gasteiger partial charge in [-0.25, -0.2) is 13.2 Å². The Hall–Kier alpha value is -3.80. The van der Waals surface area contributed by atoms with Crippen LogP contribution in [0.15, 0.2) is 89.8 Å². The molecule has 1 amide bonds. The number of benzene rings is 3. The molecule has 0 aliphatic heterocycles. The number of nitro groups is 1. The quantitative estimate of drug-likeness (QED) is 0.176. The number of amides is 1. The topological polar surface area (TPSA) is 141 Å². The molecule has 0 saturated carbocycles. The van der Waals surface area contributed by atoms with Crippen LogP contribution >= 0.6 is 0 Å². The van der Waals surface area contributed by atoms with Gasteiger partial charge in [-0.3, -0.25) is 15.0 Å². The predicted octanol–water partition coefficient (Wildman–Crippen LogP) is 4.74. The van der Waals surface area contributed by atoms with Crippen molar-refractivity contribution in [3.63, 3.8) is 0 Å². The van der Waals surface area contributed by atoms with Crippen molar-refractivity contribution in [3.8, 4) is 0 Å². The number of carbonyl (C=O) groups is 1. The maximum absolute atomic E-state index is 13.6. The summed E-state index contributed by atoms with van der Waals surface area (Å²) in [5, 5.41) is 33.1. The summed E-state index contributed by atoms with van der Waals surface area (Å²) in [5.74, 6) is -0.0834. The van der Waals surface area contributed by atoms with Gasteiger partial charge < -0.3 is 10.2 Å². The molecule has 3 aromatic carbocycles. The number of sulfonamides is 1. The van der Waals surface area contributed by atoms with Crippen molar-refractivity contribution >= 4 is 21.8 Å². The normalized spacial score (nSPS) is 13.3. The van der Waals surface area contributed by atoms with Crippen LogP contribution in [-0.2, 0) is 23.0 Å². The molecule has 0 radical (unpaired) electrons. The van der Waals surface area contributed by atoms with Gasteiger partial charge in [0.2, 0.25) is 10.0 Å². The highest BCUT2D eigenvalue weighted by molar-refractivity contribution is 7.89. The van der Waals surface area contributed by atoms with Crippen LogP contribution in [0.5, 0.6) is 0 Å². The molecule has 0 heterocycles. The molecule has 0 aromatic heterocycles. The lowest BCUT2D eigenvalue weighted by atomic mass is 9.96. The Morgan fingerprint density at radius 3 is 1.97 bits per heavy atom.